The summed E-state index contributed by atoms with van der Waals surface area (Å²) in [4.78, 5) is 12.8. The fraction of sp³-hybridized carbons (Fsp3) is 0.348. The van der Waals surface area contributed by atoms with Crippen LogP contribution in [0.25, 0.3) is 22.3 Å². The molecule has 1 atom stereocenters. The van der Waals surface area contributed by atoms with Gasteiger partial charge in [0.2, 0.25) is 0 Å². The molecule has 2 N–H and O–H groups in total. The van der Waals surface area contributed by atoms with E-state index in [0.717, 1.165) is 24.7 Å². The largest absolute Gasteiger partial charge is 0.455 e. The second-order valence-electron chi connectivity index (χ2n) is 7.97. The van der Waals surface area contributed by atoms with E-state index in [1.54, 1.807) is 6.07 Å². The fourth-order valence-corrected chi connectivity index (χ4v) is 5.27. The Balaban J connectivity index is 2.00. The van der Waals surface area contributed by atoms with E-state index < -0.39 is 20.9 Å². The van der Waals surface area contributed by atoms with Crippen LogP contribution in [-0.2, 0) is 9.84 Å². The average molecular weight is 446 g/mol. The summed E-state index contributed by atoms with van der Waals surface area (Å²) in [5.74, 6) is -0.238. The lowest BCUT2D eigenvalue weighted by Crippen LogP contribution is -2.18. The zero-order valence-corrected chi connectivity index (χ0v) is 18.1. The Bertz CT molecular complexity index is 1240. The van der Waals surface area contributed by atoms with Crippen LogP contribution < -0.4 is 5.32 Å². The van der Waals surface area contributed by atoms with Gasteiger partial charge in [-0.1, -0.05) is 0 Å². The van der Waals surface area contributed by atoms with Crippen LogP contribution in [0.15, 0.2) is 40.8 Å². The lowest BCUT2D eigenvalue weighted by Gasteiger charge is -2.18. The first-order valence-corrected chi connectivity index (χ1v) is 12.1. The van der Waals surface area contributed by atoms with Gasteiger partial charge >= 0.3 is 0 Å². The van der Waals surface area contributed by atoms with Gasteiger partial charge in [0, 0.05) is 30.9 Å². The normalized spacial score (nSPS) is 15.2. The summed E-state index contributed by atoms with van der Waals surface area (Å²) in [6, 6.07) is 9.18. The highest BCUT2D eigenvalue weighted by Crippen LogP contribution is 2.47. The molecule has 8 heteroatoms. The molecule has 1 aromatic heterocycles. The molecule has 31 heavy (non-hydrogen) atoms. The maximum Gasteiger partial charge on any atom is 0.255 e. The van der Waals surface area contributed by atoms with E-state index >= 15 is 0 Å². The highest BCUT2D eigenvalue weighted by molar-refractivity contribution is 7.90. The molecule has 0 spiro atoms. The van der Waals surface area contributed by atoms with Crippen molar-refractivity contribution in [2.24, 2.45) is 0 Å². The number of carbonyl (C=O) groups excluding carboxylic acids is 1. The number of benzene rings is 2. The topological polar surface area (TPSA) is 96.6 Å². The monoisotopic (exact) mass is 445 g/mol. The van der Waals surface area contributed by atoms with Crippen molar-refractivity contribution in [1.82, 2.24) is 5.32 Å². The van der Waals surface area contributed by atoms with Gasteiger partial charge < -0.3 is 14.8 Å². The van der Waals surface area contributed by atoms with Gasteiger partial charge in [0.25, 0.3) is 5.91 Å². The van der Waals surface area contributed by atoms with Crippen molar-refractivity contribution < 1.29 is 27.1 Å². The third-order valence-electron chi connectivity index (χ3n) is 5.73. The van der Waals surface area contributed by atoms with Crippen molar-refractivity contribution in [3.05, 3.63) is 58.9 Å². The molecule has 0 aliphatic heterocycles. The Morgan fingerprint density at radius 3 is 2.48 bits per heavy atom. The standard InChI is InChI=1S/C23H24FNO5S/c1-25-23(27)21-18-11-16(13-3-4-13)17(20(9-10-26)31(2,28)29)12-19(18)30-22(21)14-5-7-15(24)8-6-14/h5-8,11-13,20,26H,3-4,9-10H2,1-2H3,(H,25,27). The quantitative estimate of drug-likeness (QED) is 0.574. The summed E-state index contributed by atoms with van der Waals surface area (Å²) < 4.78 is 44.4. The van der Waals surface area contributed by atoms with Gasteiger partial charge in [-0.3, -0.25) is 4.79 Å². The highest BCUT2D eigenvalue weighted by atomic mass is 32.2. The molecule has 164 valence electrons. The molecular weight excluding hydrogens is 421 g/mol. The Hall–Kier alpha value is -2.71. The van der Waals surface area contributed by atoms with E-state index in [1.165, 1.54) is 31.3 Å². The molecule has 1 amide bonds. The molecule has 6 nitrogen and oxygen atoms in total. The first-order valence-electron chi connectivity index (χ1n) is 10.1. The SMILES string of the molecule is CNC(=O)c1c(-c2ccc(F)cc2)oc2cc(C(CCO)S(C)(=O)=O)c(C3CC3)cc12. The maximum atomic E-state index is 13.4. The van der Waals surface area contributed by atoms with E-state index in [4.69, 9.17) is 4.42 Å². The number of aliphatic hydroxyl groups is 1. The summed E-state index contributed by atoms with van der Waals surface area (Å²) in [7, 11) is -1.96. The minimum Gasteiger partial charge on any atom is -0.455 e. The van der Waals surface area contributed by atoms with Gasteiger partial charge in [-0.25, -0.2) is 12.8 Å². The van der Waals surface area contributed by atoms with E-state index in [-0.39, 0.29) is 24.9 Å². The summed E-state index contributed by atoms with van der Waals surface area (Å²) in [6.07, 6.45) is 3.12. The zero-order chi connectivity index (χ0) is 22.3. The number of fused-ring (bicyclic) bond motifs is 1. The van der Waals surface area contributed by atoms with E-state index in [2.05, 4.69) is 5.32 Å². The first-order chi connectivity index (χ1) is 14.7. The molecular formula is C23H24FNO5S. The van der Waals surface area contributed by atoms with Crippen LogP contribution in [0.4, 0.5) is 4.39 Å². The molecule has 2 aromatic carbocycles. The molecule has 1 heterocycles. The zero-order valence-electron chi connectivity index (χ0n) is 17.3. The number of amides is 1. The van der Waals surface area contributed by atoms with Gasteiger partial charge in [-0.15, -0.1) is 0 Å². The lowest BCUT2D eigenvalue weighted by atomic mass is 9.95. The van der Waals surface area contributed by atoms with Crippen molar-refractivity contribution in [3.63, 3.8) is 0 Å². The number of aliphatic hydroxyl groups excluding tert-OH is 1. The third-order valence-corrected chi connectivity index (χ3v) is 7.25. The maximum absolute atomic E-state index is 13.4. The molecule has 0 radical (unpaired) electrons. The molecule has 1 saturated carbocycles. The van der Waals surface area contributed by atoms with E-state index in [0.29, 0.717) is 33.4 Å². The number of carbonyl (C=O) groups is 1. The Labute approximate surface area is 180 Å². The van der Waals surface area contributed by atoms with Crippen molar-refractivity contribution in [3.8, 4) is 11.3 Å². The number of halogens is 1. The molecule has 4 rings (SSSR count). The van der Waals surface area contributed by atoms with Gasteiger partial charge in [0.1, 0.15) is 17.2 Å². The summed E-state index contributed by atoms with van der Waals surface area (Å²) in [5, 5.41) is 11.8. The average Bonchev–Trinajstić information content (AvgIpc) is 3.51. The van der Waals surface area contributed by atoms with Crippen LogP contribution in [0, 0.1) is 5.82 Å². The van der Waals surface area contributed by atoms with Crippen molar-refractivity contribution in [2.45, 2.75) is 30.4 Å². The van der Waals surface area contributed by atoms with Crippen LogP contribution in [0.1, 0.15) is 51.9 Å². The van der Waals surface area contributed by atoms with Gasteiger partial charge in [-0.2, -0.15) is 0 Å². The summed E-state index contributed by atoms with van der Waals surface area (Å²) >= 11 is 0. The number of hydrogen-bond acceptors (Lipinski definition) is 5. The van der Waals surface area contributed by atoms with Gasteiger partial charge in [0.15, 0.2) is 9.84 Å². The Morgan fingerprint density at radius 1 is 1.26 bits per heavy atom. The molecule has 0 bridgehead atoms. The number of rotatable bonds is 7. The molecule has 1 aliphatic carbocycles. The van der Waals surface area contributed by atoms with Crippen LogP contribution >= 0.6 is 0 Å². The first kappa shape index (κ1) is 21.5. The molecule has 1 unspecified atom stereocenters. The number of hydrogen-bond donors (Lipinski definition) is 2. The summed E-state index contributed by atoms with van der Waals surface area (Å²) in [6.45, 7) is -0.262. The molecule has 1 fully saturated rings. The van der Waals surface area contributed by atoms with Crippen molar-refractivity contribution >= 4 is 26.7 Å². The second-order valence-corrected chi connectivity index (χ2v) is 10.2. The van der Waals surface area contributed by atoms with Crippen LogP contribution in [0.2, 0.25) is 0 Å². The number of sulfone groups is 1. The van der Waals surface area contributed by atoms with Gasteiger partial charge in [0.05, 0.1) is 10.8 Å². The van der Waals surface area contributed by atoms with Crippen molar-refractivity contribution in [2.75, 3.05) is 19.9 Å². The minimum absolute atomic E-state index is 0.0812. The van der Waals surface area contributed by atoms with Crippen LogP contribution in [0.5, 0.6) is 0 Å². The highest BCUT2D eigenvalue weighted by Gasteiger charge is 2.34. The molecule has 3 aromatic rings. The summed E-state index contributed by atoms with van der Waals surface area (Å²) in [5.41, 5.74) is 2.72. The Morgan fingerprint density at radius 2 is 1.94 bits per heavy atom. The second kappa shape index (κ2) is 8.09. The minimum atomic E-state index is -3.48. The molecule has 0 saturated heterocycles. The predicted octanol–water partition coefficient (Wildman–Crippen LogP) is 3.94. The van der Waals surface area contributed by atoms with Crippen molar-refractivity contribution in [1.29, 1.82) is 0 Å². The lowest BCUT2D eigenvalue weighted by molar-refractivity contribution is 0.0964. The Kier molecular flexibility index (Phi) is 5.61. The number of nitrogens with one attached hydrogen (secondary N) is 1. The third kappa shape index (κ3) is 4.09. The van der Waals surface area contributed by atoms with Crippen LogP contribution in [0.3, 0.4) is 0 Å². The number of furan rings is 1. The van der Waals surface area contributed by atoms with E-state index in [9.17, 15) is 22.7 Å². The fourth-order valence-electron chi connectivity index (χ4n) is 4.07. The predicted molar refractivity (Wildman–Crippen MR) is 116 cm³/mol. The van der Waals surface area contributed by atoms with Crippen LogP contribution in [-0.4, -0.2) is 39.3 Å². The smallest absolute Gasteiger partial charge is 0.255 e. The van der Waals surface area contributed by atoms with E-state index in [1.807, 2.05) is 6.07 Å². The molecule has 1 aliphatic rings. The van der Waals surface area contributed by atoms with Gasteiger partial charge in [-0.05, 0) is 72.7 Å².